The molecular weight excluding hydrogens is 372 g/mol. The van der Waals surface area contributed by atoms with Crippen LogP contribution in [0.5, 0.6) is 0 Å². The number of fused-ring (bicyclic) bond motifs is 1. The molecule has 0 spiro atoms. The topological polar surface area (TPSA) is 111 Å². The van der Waals surface area contributed by atoms with Crippen molar-refractivity contribution in [2.45, 2.75) is 17.4 Å². The summed E-state index contributed by atoms with van der Waals surface area (Å²) in [7, 11) is 0. The number of nitrogens with zero attached hydrogens (tertiary/aromatic N) is 2. The van der Waals surface area contributed by atoms with Gasteiger partial charge in [0.2, 0.25) is 5.91 Å². The number of aromatic nitrogens is 2. The number of imide groups is 1. The van der Waals surface area contributed by atoms with Gasteiger partial charge in [0.25, 0.3) is 11.1 Å². The van der Waals surface area contributed by atoms with Gasteiger partial charge < -0.3 is 10.2 Å². The van der Waals surface area contributed by atoms with Crippen LogP contribution in [0.3, 0.4) is 0 Å². The molecule has 3 aromatic rings. The van der Waals surface area contributed by atoms with Crippen LogP contribution in [0.4, 0.5) is 4.79 Å². The molecule has 0 fully saturated rings. The predicted molar refractivity (Wildman–Crippen MR) is 93.2 cm³/mol. The van der Waals surface area contributed by atoms with Crippen LogP contribution in [-0.4, -0.2) is 27.4 Å². The summed E-state index contributed by atoms with van der Waals surface area (Å²) in [6.45, 7) is 1.60. The van der Waals surface area contributed by atoms with Gasteiger partial charge in [-0.3, -0.25) is 10.1 Å². The van der Waals surface area contributed by atoms with Gasteiger partial charge in [-0.05, 0) is 13.0 Å². The number of primary amides is 1. The number of benzene rings is 1. The number of nitrogens with two attached hydrogens (primary N) is 1. The van der Waals surface area contributed by atoms with E-state index in [1.54, 1.807) is 6.92 Å². The van der Waals surface area contributed by atoms with Gasteiger partial charge in [0.1, 0.15) is 4.88 Å². The molecule has 124 valence electrons. The Hall–Kier alpha value is -2.10. The largest absolute Gasteiger partial charge is 0.410 e. The van der Waals surface area contributed by atoms with Gasteiger partial charge in [-0.2, -0.15) is 0 Å². The molecule has 0 unspecified atom stereocenters. The normalized spacial score (nSPS) is 12.2. The number of nitrogens with one attached hydrogen (secondary N) is 1. The summed E-state index contributed by atoms with van der Waals surface area (Å²) in [4.78, 5) is 23.0. The van der Waals surface area contributed by atoms with Crippen LogP contribution in [0.25, 0.3) is 20.9 Å². The van der Waals surface area contributed by atoms with Crippen molar-refractivity contribution in [3.05, 3.63) is 29.3 Å². The first kappa shape index (κ1) is 16.7. The second kappa shape index (κ2) is 6.80. The van der Waals surface area contributed by atoms with E-state index in [-0.39, 0.29) is 11.1 Å². The minimum Gasteiger partial charge on any atom is -0.410 e. The molecule has 3 amide bonds. The van der Waals surface area contributed by atoms with Crippen molar-refractivity contribution >= 4 is 56.7 Å². The number of urea groups is 1. The zero-order chi connectivity index (χ0) is 17.3. The van der Waals surface area contributed by atoms with E-state index in [9.17, 15) is 9.59 Å². The van der Waals surface area contributed by atoms with Crippen LogP contribution >= 0.6 is 34.7 Å². The SMILES string of the molecule is C[C@@H](Sc1nnc(-c2sc3ccccc3c2Cl)o1)C(=O)NC(N)=O. The number of carbonyl (C=O) groups excluding carboxylic acids is 2. The van der Waals surface area contributed by atoms with Gasteiger partial charge in [-0.1, -0.05) is 41.6 Å². The molecule has 7 nitrogen and oxygen atoms in total. The lowest BCUT2D eigenvalue weighted by atomic mass is 10.2. The Labute approximate surface area is 149 Å². The Morgan fingerprint density at radius 3 is 2.83 bits per heavy atom. The molecule has 2 heterocycles. The third kappa shape index (κ3) is 3.37. The maximum atomic E-state index is 11.7. The number of rotatable bonds is 4. The minimum absolute atomic E-state index is 0.200. The quantitative estimate of drug-likeness (QED) is 0.670. The molecule has 24 heavy (non-hydrogen) atoms. The lowest BCUT2D eigenvalue weighted by Gasteiger charge is -2.06. The van der Waals surface area contributed by atoms with Crippen molar-refractivity contribution in [2.24, 2.45) is 5.73 Å². The minimum atomic E-state index is -0.907. The van der Waals surface area contributed by atoms with Crippen molar-refractivity contribution in [2.75, 3.05) is 0 Å². The summed E-state index contributed by atoms with van der Waals surface area (Å²) in [6.07, 6.45) is 0. The fraction of sp³-hybridized carbons (Fsp3) is 0.143. The van der Waals surface area contributed by atoms with Crippen LogP contribution in [0.1, 0.15) is 6.92 Å². The number of thioether (sulfide) groups is 1. The second-order valence-electron chi connectivity index (χ2n) is 4.73. The highest BCUT2D eigenvalue weighted by molar-refractivity contribution is 8.00. The Morgan fingerprint density at radius 2 is 2.12 bits per heavy atom. The first-order valence-corrected chi connectivity index (χ1v) is 8.81. The van der Waals surface area contributed by atoms with E-state index < -0.39 is 17.2 Å². The molecule has 2 aromatic heterocycles. The fourth-order valence-electron chi connectivity index (χ4n) is 1.93. The van der Waals surface area contributed by atoms with Gasteiger partial charge in [-0.15, -0.1) is 21.5 Å². The van der Waals surface area contributed by atoms with E-state index in [1.165, 1.54) is 11.3 Å². The van der Waals surface area contributed by atoms with Crippen LogP contribution in [-0.2, 0) is 4.79 Å². The summed E-state index contributed by atoms with van der Waals surface area (Å²) in [5, 5.41) is 10.9. The van der Waals surface area contributed by atoms with Crippen molar-refractivity contribution in [1.29, 1.82) is 0 Å². The highest BCUT2D eigenvalue weighted by Gasteiger charge is 2.21. The molecule has 1 aromatic carbocycles. The van der Waals surface area contributed by atoms with Crippen LogP contribution in [0, 0.1) is 0 Å². The van der Waals surface area contributed by atoms with E-state index in [0.29, 0.717) is 9.90 Å². The van der Waals surface area contributed by atoms with E-state index in [0.717, 1.165) is 21.8 Å². The zero-order valence-electron chi connectivity index (χ0n) is 12.3. The highest BCUT2D eigenvalue weighted by atomic mass is 35.5. The lowest BCUT2D eigenvalue weighted by molar-refractivity contribution is -0.119. The summed E-state index contributed by atoms with van der Waals surface area (Å²) in [5.41, 5.74) is 4.91. The molecule has 0 saturated heterocycles. The average Bonchev–Trinajstić information content (AvgIpc) is 3.12. The van der Waals surface area contributed by atoms with E-state index >= 15 is 0 Å². The molecule has 3 rings (SSSR count). The maximum absolute atomic E-state index is 11.7. The summed E-state index contributed by atoms with van der Waals surface area (Å²) >= 11 is 8.84. The summed E-state index contributed by atoms with van der Waals surface area (Å²) < 4.78 is 6.59. The van der Waals surface area contributed by atoms with Crippen LogP contribution in [0.2, 0.25) is 5.02 Å². The predicted octanol–water partition coefficient (Wildman–Crippen LogP) is 3.28. The molecule has 0 radical (unpaired) electrons. The van der Waals surface area contributed by atoms with E-state index in [4.69, 9.17) is 21.8 Å². The number of hydrogen-bond acceptors (Lipinski definition) is 7. The molecule has 0 aliphatic rings. The first-order valence-electron chi connectivity index (χ1n) is 6.73. The summed E-state index contributed by atoms with van der Waals surface area (Å²) in [6, 6.07) is 6.79. The molecule has 3 N–H and O–H groups in total. The van der Waals surface area contributed by atoms with Crippen molar-refractivity contribution < 1.29 is 14.0 Å². The lowest BCUT2D eigenvalue weighted by Crippen LogP contribution is -2.39. The van der Waals surface area contributed by atoms with Crippen molar-refractivity contribution in [3.63, 3.8) is 0 Å². The first-order chi connectivity index (χ1) is 11.5. The van der Waals surface area contributed by atoms with Crippen LogP contribution < -0.4 is 11.1 Å². The number of carbonyl (C=O) groups is 2. The van der Waals surface area contributed by atoms with E-state index in [2.05, 4.69) is 10.2 Å². The second-order valence-corrected chi connectivity index (χ2v) is 7.45. The number of halogens is 1. The standard InChI is InChI=1S/C14H11ClN4O3S2/c1-6(11(20)17-13(16)21)23-14-19-18-12(22-14)10-9(15)7-4-2-3-5-8(7)24-10/h2-6H,1H3,(H3,16,17,20,21)/t6-/m1/s1. The molecule has 0 aliphatic heterocycles. The fourth-order valence-corrected chi connectivity index (χ4v) is 4.05. The Bertz CT molecular complexity index is 924. The molecule has 0 bridgehead atoms. The Morgan fingerprint density at radius 1 is 1.38 bits per heavy atom. The van der Waals surface area contributed by atoms with Crippen molar-refractivity contribution in [1.82, 2.24) is 15.5 Å². The third-order valence-corrected chi connectivity index (χ3v) is 5.63. The smallest absolute Gasteiger partial charge is 0.318 e. The number of thiophene rings is 1. The van der Waals surface area contributed by atoms with Crippen LogP contribution in [0.15, 0.2) is 33.9 Å². The average molecular weight is 383 g/mol. The van der Waals surface area contributed by atoms with Crippen molar-refractivity contribution in [3.8, 4) is 10.8 Å². The molecular formula is C14H11ClN4O3S2. The number of amides is 3. The molecule has 0 aliphatic carbocycles. The van der Waals surface area contributed by atoms with E-state index in [1.807, 2.05) is 29.6 Å². The van der Waals surface area contributed by atoms with Gasteiger partial charge in [0, 0.05) is 10.1 Å². The maximum Gasteiger partial charge on any atom is 0.318 e. The van der Waals surface area contributed by atoms with Gasteiger partial charge >= 0.3 is 6.03 Å². The molecule has 0 saturated carbocycles. The Balaban J connectivity index is 1.81. The monoisotopic (exact) mass is 382 g/mol. The summed E-state index contributed by atoms with van der Waals surface area (Å²) in [5.74, 6) is -0.252. The third-order valence-electron chi connectivity index (χ3n) is 3.03. The van der Waals surface area contributed by atoms with Gasteiger partial charge in [0.05, 0.1) is 10.3 Å². The Kier molecular flexibility index (Phi) is 4.74. The zero-order valence-corrected chi connectivity index (χ0v) is 14.7. The van der Waals surface area contributed by atoms with Gasteiger partial charge in [0.15, 0.2) is 0 Å². The number of hydrogen-bond donors (Lipinski definition) is 2. The molecule has 10 heteroatoms. The highest BCUT2D eigenvalue weighted by Crippen LogP contribution is 2.41. The molecule has 1 atom stereocenters. The van der Waals surface area contributed by atoms with Gasteiger partial charge in [-0.25, -0.2) is 4.79 Å².